The van der Waals surface area contributed by atoms with E-state index in [-0.39, 0.29) is 37.7 Å². The summed E-state index contributed by atoms with van der Waals surface area (Å²) in [4.78, 5) is 36.2. The van der Waals surface area contributed by atoms with Gasteiger partial charge in [-0.15, -0.1) is 0 Å². The molecule has 1 rings (SSSR count). The van der Waals surface area contributed by atoms with Gasteiger partial charge in [-0.1, -0.05) is 45.1 Å². The molecule has 1 aliphatic heterocycles. The molecule has 1 heterocycles. The molecule has 0 aromatic heterocycles. The Kier molecular flexibility index (Phi) is 14.0. The molecule has 0 aromatic rings. The van der Waals surface area contributed by atoms with E-state index in [1.807, 2.05) is 26.8 Å². The first kappa shape index (κ1) is 33.5. The number of ether oxygens (including phenoxy) is 3. The molecule has 0 fully saturated rings. The van der Waals surface area contributed by atoms with Gasteiger partial charge in [0, 0.05) is 18.8 Å². The van der Waals surface area contributed by atoms with E-state index in [4.69, 9.17) is 14.2 Å². The van der Waals surface area contributed by atoms with E-state index in [1.165, 1.54) is 13.8 Å². The van der Waals surface area contributed by atoms with Gasteiger partial charge in [0.25, 0.3) is 0 Å². The molecule has 3 N–H and O–H groups in total. The highest BCUT2D eigenvalue weighted by molar-refractivity contribution is 5.72. The van der Waals surface area contributed by atoms with Crippen LogP contribution < -0.4 is 0 Å². The highest BCUT2D eigenvalue weighted by Crippen LogP contribution is 2.27. The second-order valence-corrected chi connectivity index (χ2v) is 10.6. The number of esters is 3. The number of hydrogen-bond donors (Lipinski definition) is 3. The van der Waals surface area contributed by atoms with Crippen LogP contribution in [0, 0.1) is 17.8 Å². The van der Waals surface area contributed by atoms with E-state index in [0.29, 0.717) is 6.42 Å². The molecule has 9 heteroatoms. The SMILES string of the molecule is CC[C@@H](O)[C@@H](C)C(=O)OC[C@@H](C)/C=C/C=C(\C)[C@H]1OC(=O)C[C@@H](O)CC[C@](C)(O)[C@@H](OC(C)=O)/C=C\[C@@H]1C. The van der Waals surface area contributed by atoms with Crippen LogP contribution in [-0.4, -0.2) is 69.9 Å². The minimum absolute atomic E-state index is 0.0907. The second kappa shape index (κ2) is 15.8. The highest BCUT2D eigenvalue weighted by atomic mass is 16.6. The molecule has 9 nitrogen and oxygen atoms in total. The molecule has 0 saturated carbocycles. The summed E-state index contributed by atoms with van der Waals surface area (Å²) in [6, 6.07) is 0. The third-order valence-electron chi connectivity index (χ3n) is 6.72. The largest absolute Gasteiger partial charge is 0.465 e. The first-order valence-corrected chi connectivity index (χ1v) is 13.3. The molecule has 0 saturated heterocycles. The maximum atomic E-state index is 12.5. The lowest BCUT2D eigenvalue weighted by Gasteiger charge is -2.32. The summed E-state index contributed by atoms with van der Waals surface area (Å²) < 4.78 is 16.4. The molecular formula is C29H46O9. The van der Waals surface area contributed by atoms with E-state index in [2.05, 4.69) is 0 Å². The highest BCUT2D eigenvalue weighted by Gasteiger charge is 2.35. The van der Waals surface area contributed by atoms with Gasteiger partial charge in [-0.25, -0.2) is 0 Å². The Bertz CT molecular complexity index is 873. The topological polar surface area (TPSA) is 140 Å². The standard InChI is InChI=1S/C29H46O9/c1-8-24(32)21(5)28(34)36-17-18(2)10-9-11-19(3)27-20(4)12-13-25(37-22(6)30)29(7,35)15-14-23(31)16-26(33)38-27/h9-13,18,20-21,23-25,27,31-32,35H,8,14-17H2,1-7H3/b10-9+,13-12-,19-11+/t18-,20-,21+,23-,24+,25-,27+,29-/m0/s1. The molecule has 0 bridgehead atoms. The number of allylic oxidation sites excluding steroid dienone is 2. The maximum Gasteiger partial charge on any atom is 0.311 e. The number of rotatable bonds is 9. The fraction of sp³-hybridized carbons (Fsp3) is 0.690. The van der Waals surface area contributed by atoms with Crippen molar-refractivity contribution in [2.24, 2.45) is 17.8 Å². The maximum absolute atomic E-state index is 12.5. The van der Waals surface area contributed by atoms with Gasteiger partial charge in [0.15, 0.2) is 0 Å². The van der Waals surface area contributed by atoms with Crippen molar-refractivity contribution in [3.63, 3.8) is 0 Å². The van der Waals surface area contributed by atoms with Crippen LogP contribution in [0.15, 0.2) is 36.0 Å². The number of aliphatic hydroxyl groups excluding tert-OH is 2. The molecule has 8 atom stereocenters. The van der Waals surface area contributed by atoms with Crippen molar-refractivity contribution in [2.75, 3.05) is 6.61 Å². The van der Waals surface area contributed by atoms with E-state index in [9.17, 15) is 29.7 Å². The minimum atomic E-state index is -1.43. The second-order valence-electron chi connectivity index (χ2n) is 10.6. The van der Waals surface area contributed by atoms with Gasteiger partial charge in [0.2, 0.25) is 0 Å². The third kappa shape index (κ3) is 11.5. The Morgan fingerprint density at radius 1 is 1.26 bits per heavy atom. The van der Waals surface area contributed by atoms with Crippen molar-refractivity contribution in [1.29, 1.82) is 0 Å². The van der Waals surface area contributed by atoms with Gasteiger partial charge < -0.3 is 29.5 Å². The van der Waals surface area contributed by atoms with Gasteiger partial charge in [0.1, 0.15) is 17.8 Å². The Morgan fingerprint density at radius 3 is 2.53 bits per heavy atom. The van der Waals surface area contributed by atoms with Crippen LogP contribution in [0.4, 0.5) is 0 Å². The van der Waals surface area contributed by atoms with Crippen LogP contribution in [0.1, 0.15) is 74.1 Å². The van der Waals surface area contributed by atoms with Crippen LogP contribution in [0.2, 0.25) is 0 Å². The molecule has 38 heavy (non-hydrogen) atoms. The van der Waals surface area contributed by atoms with Crippen molar-refractivity contribution >= 4 is 17.9 Å². The molecular weight excluding hydrogens is 492 g/mol. The van der Waals surface area contributed by atoms with Gasteiger partial charge in [-0.3, -0.25) is 14.4 Å². The number of carbonyl (C=O) groups excluding carboxylic acids is 3. The summed E-state index contributed by atoms with van der Waals surface area (Å²) in [7, 11) is 0. The molecule has 0 aliphatic carbocycles. The Balaban J connectivity index is 3.03. The van der Waals surface area contributed by atoms with E-state index >= 15 is 0 Å². The average Bonchev–Trinajstić information content (AvgIpc) is 2.84. The molecule has 216 valence electrons. The third-order valence-corrected chi connectivity index (χ3v) is 6.72. The Hall–Kier alpha value is -2.49. The predicted octanol–water partition coefficient (Wildman–Crippen LogP) is 3.41. The Morgan fingerprint density at radius 2 is 1.92 bits per heavy atom. The van der Waals surface area contributed by atoms with Gasteiger partial charge >= 0.3 is 17.9 Å². The first-order valence-electron chi connectivity index (χ1n) is 13.3. The van der Waals surface area contributed by atoms with Crippen LogP contribution in [0.3, 0.4) is 0 Å². The Labute approximate surface area is 226 Å². The predicted molar refractivity (Wildman–Crippen MR) is 143 cm³/mol. The first-order chi connectivity index (χ1) is 17.7. The summed E-state index contributed by atoms with van der Waals surface area (Å²) in [5, 5.41) is 31.0. The molecule has 1 aliphatic rings. The smallest absolute Gasteiger partial charge is 0.311 e. The quantitative estimate of drug-likeness (QED) is 0.174. The molecule has 0 amide bonds. The monoisotopic (exact) mass is 538 g/mol. The lowest BCUT2D eigenvalue weighted by molar-refractivity contribution is -0.157. The number of cyclic esters (lactones) is 1. The van der Waals surface area contributed by atoms with E-state index in [1.54, 1.807) is 38.2 Å². The van der Waals surface area contributed by atoms with Crippen molar-refractivity contribution in [3.8, 4) is 0 Å². The van der Waals surface area contributed by atoms with Crippen LogP contribution >= 0.6 is 0 Å². The van der Waals surface area contributed by atoms with Gasteiger partial charge in [0.05, 0.1) is 31.2 Å². The fourth-order valence-electron chi connectivity index (χ4n) is 4.03. The van der Waals surface area contributed by atoms with Crippen molar-refractivity contribution in [1.82, 2.24) is 0 Å². The summed E-state index contributed by atoms with van der Waals surface area (Å²) >= 11 is 0. The average molecular weight is 539 g/mol. The zero-order valence-corrected chi connectivity index (χ0v) is 23.8. The lowest BCUT2D eigenvalue weighted by atomic mass is 9.88. The summed E-state index contributed by atoms with van der Waals surface area (Å²) in [5.74, 6) is -2.56. The summed E-state index contributed by atoms with van der Waals surface area (Å²) in [5.41, 5.74) is -0.695. The van der Waals surface area contributed by atoms with E-state index in [0.717, 1.165) is 5.57 Å². The van der Waals surface area contributed by atoms with Gasteiger partial charge in [-0.2, -0.15) is 0 Å². The number of hydrogen-bond acceptors (Lipinski definition) is 9. The number of carbonyl (C=O) groups is 3. The molecule has 0 aromatic carbocycles. The molecule has 0 radical (unpaired) electrons. The van der Waals surface area contributed by atoms with Gasteiger partial charge in [-0.05, 0) is 51.7 Å². The minimum Gasteiger partial charge on any atom is -0.465 e. The number of aliphatic hydroxyl groups is 3. The lowest BCUT2D eigenvalue weighted by Crippen LogP contribution is -2.42. The van der Waals surface area contributed by atoms with Crippen molar-refractivity contribution < 1.29 is 43.9 Å². The van der Waals surface area contributed by atoms with Crippen molar-refractivity contribution in [2.45, 2.75) is 104 Å². The van der Waals surface area contributed by atoms with Crippen LogP contribution in [0.25, 0.3) is 0 Å². The fourth-order valence-corrected chi connectivity index (χ4v) is 4.03. The zero-order chi connectivity index (χ0) is 29.0. The van der Waals surface area contributed by atoms with E-state index < -0.39 is 53.8 Å². The molecule has 0 spiro atoms. The zero-order valence-electron chi connectivity index (χ0n) is 23.8. The normalized spacial score (nSPS) is 30.8. The molecule has 0 unspecified atom stereocenters. The van der Waals surface area contributed by atoms with Crippen molar-refractivity contribution in [3.05, 3.63) is 36.0 Å². The van der Waals surface area contributed by atoms with Crippen LogP contribution in [0.5, 0.6) is 0 Å². The summed E-state index contributed by atoms with van der Waals surface area (Å²) in [6.07, 6.45) is 5.93. The van der Waals surface area contributed by atoms with Crippen LogP contribution in [-0.2, 0) is 28.6 Å². The summed E-state index contributed by atoms with van der Waals surface area (Å²) in [6.45, 7) is 11.9.